The summed E-state index contributed by atoms with van der Waals surface area (Å²) in [5.41, 5.74) is 0.785. The summed E-state index contributed by atoms with van der Waals surface area (Å²) >= 11 is 0. The van der Waals surface area contributed by atoms with Gasteiger partial charge < -0.3 is 0 Å². The Balaban J connectivity index is 3.90. The zero-order chi connectivity index (χ0) is 20.7. The molecule has 1 saturated heterocycles. The van der Waals surface area contributed by atoms with Gasteiger partial charge in [-0.3, -0.25) is 0 Å². The monoisotopic (exact) mass is 409 g/mol. The van der Waals surface area contributed by atoms with Gasteiger partial charge >= 0.3 is 162 Å². The van der Waals surface area contributed by atoms with Crippen LogP contribution in [0.2, 0.25) is 0 Å². The van der Waals surface area contributed by atoms with Gasteiger partial charge in [0, 0.05) is 0 Å². The molecule has 1 heterocycles. The van der Waals surface area contributed by atoms with E-state index in [1.54, 1.807) is 0 Å². The van der Waals surface area contributed by atoms with E-state index in [1.807, 2.05) is 56.3 Å². The van der Waals surface area contributed by atoms with E-state index in [4.69, 9.17) is 4.76 Å². The van der Waals surface area contributed by atoms with Crippen LogP contribution in [0.5, 0.6) is 0 Å². The van der Waals surface area contributed by atoms with Crippen LogP contribution >= 0.6 is 15.5 Å². The normalized spacial score (nSPS) is 24.7. The van der Waals surface area contributed by atoms with E-state index in [1.165, 1.54) is 0 Å². The maximum absolute atomic E-state index is 12.2. The predicted molar refractivity (Wildman–Crippen MR) is 118 cm³/mol. The Morgan fingerprint density at radius 1 is 0.808 bits per heavy atom. The molecule has 0 spiro atoms. The Bertz CT molecular complexity index is 502. The van der Waals surface area contributed by atoms with Gasteiger partial charge in [-0.2, -0.15) is 0 Å². The fourth-order valence-electron chi connectivity index (χ4n) is 3.97. The van der Waals surface area contributed by atoms with Crippen LogP contribution in [-0.4, -0.2) is 135 Å². The van der Waals surface area contributed by atoms with E-state index >= 15 is 0 Å². The Labute approximate surface area is 162 Å². The summed E-state index contributed by atoms with van der Waals surface area (Å²) in [7, 11) is 19.7. The Kier molecular flexibility index (Phi) is 7.42. The van der Waals surface area contributed by atoms with Gasteiger partial charge in [0.2, 0.25) is 0 Å². The van der Waals surface area contributed by atoms with Gasteiger partial charge in [0.25, 0.3) is 0 Å². The van der Waals surface area contributed by atoms with Gasteiger partial charge in [-0.1, -0.05) is 0 Å². The molecule has 1 atom stereocenters. The van der Waals surface area contributed by atoms with E-state index in [0.717, 1.165) is 18.0 Å². The summed E-state index contributed by atoms with van der Waals surface area (Å²) in [5, 5.41) is 0. The van der Waals surface area contributed by atoms with Crippen LogP contribution < -0.4 is 0 Å². The molecule has 0 aromatic heterocycles. The van der Waals surface area contributed by atoms with Gasteiger partial charge in [-0.05, 0) is 0 Å². The maximum atomic E-state index is 12.2. The second-order valence-electron chi connectivity index (χ2n) is 8.19. The van der Waals surface area contributed by atoms with Crippen LogP contribution in [0, 0.1) is 0 Å². The molecular formula is C16H41N7OP2. The molecule has 10 heteroatoms. The topological polar surface area (TPSA) is 52.0 Å². The molecule has 1 aliphatic rings. The van der Waals surface area contributed by atoms with Gasteiger partial charge in [-0.15, -0.1) is 0 Å². The molecule has 0 aliphatic carbocycles. The van der Waals surface area contributed by atoms with Crippen LogP contribution in [0.25, 0.3) is 0 Å². The summed E-state index contributed by atoms with van der Waals surface area (Å²) < 4.78 is 13.3. The Morgan fingerprint density at radius 2 is 1.19 bits per heavy atom. The first-order chi connectivity index (χ1) is 11.7. The first-order valence-electron chi connectivity index (χ1n) is 8.88. The number of hydrogen-bond acceptors (Lipinski definition) is 8. The second-order valence-corrected chi connectivity index (χ2v) is 15.0. The summed E-state index contributed by atoms with van der Waals surface area (Å²) in [5.74, 6) is 0. The van der Waals surface area contributed by atoms with Gasteiger partial charge in [-0.25, -0.2) is 0 Å². The van der Waals surface area contributed by atoms with E-state index < -0.39 is 15.5 Å². The van der Waals surface area contributed by atoms with Crippen molar-refractivity contribution in [1.29, 1.82) is 0 Å². The molecule has 1 fully saturated rings. The molecule has 1 N–H and O–H groups in total. The molecule has 0 saturated carbocycles. The summed E-state index contributed by atoms with van der Waals surface area (Å²) in [4.78, 5) is 16.7. The molecule has 0 bridgehead atoms. The molecule has 0 amide bonds. The number of rotatable bonds is 7. The van der Waals surface area contributed by atoms with E-state index in [9.17, 15) is 4.89 Å². The molecule has 1 rings (SSSR count). The molecule has 1 unspecified atom stereocenters. The zero-order valence-corrected chi connectivity index (χ0v) is 20.7. The van der Waals surface area contributed by atoms with Crippen molar-refractivity contribution in [2.75, 3.05) is 90.7 Å². The van der Waals surface area contributed by atoms with Crippen LogP contribution in [0.15, 0.2) is 4.76 Å². The first-order valence-corrected chi connectivity index (χ1v) is 12.4. The summed E-state index contributed by atoms with van der Waals surface area (Å²) in [6.07, 6.45) is 2.06. The predicted octanol–water partition coefficient (Wildman–Crippen LogP) is 1.37. The quantitative estimate of drug-likeness (QED) is 0.504. The zero-order valence-electron chi connectivity index (χ0n) is 18.9. The summed E-state index contributed by atoms with van der Waals surface area (Å²) in [6, 6.07) is 0. The number of nitrogens with zero attached hydrogens (tertiary/aromatic N) is 7. The molecule has 156 valence electrons. The molecule has 26 heavy (non-hydrogen) atoms. The van der Waals surface area contributed by atoms with Crippen LogP contribution in [-0.2, 0) is 0 Å². The second kappa shape index (κ2) is 7.94. The molecular weight excluding hydrogens is 368 g/mol. The standard InChI is InChI=1S/C16H41N7OP2/c1-18(2)16(19(3)4)13-14-25(20(5)6)15(16)17-26(24,21(7)8,22(9)10)23(11)12/h24H,13-14H2,1-12H3. The van der Waals surface area contributed by atoms with Crippen LogP contribution in [0.1, 0.15) is 6.42 Å². The molecule has 1 aliphatic heterocycles. The minimum atomic E-state index is -3.84. The molecule has 8 nitrogen and oxygen atoms in total. The molecule has 0 aromatic carbocycles. The van der Waals surface area contributed by atoms with Gasteiger partial charge in [0.1, 0.15) is 0 Å². The average Bonchev–Trinajstić information content (AvgIpc) is 2.86. The van der Waals surface area contributed by atoms with Crippen molar-refractivity contribution in [3.63, 3.8) is 0 Å². The van der Waals surface area contributed by atoms with E-state index in [0.29, 0.717) is 0 Å². The SMILES string of the molecule is CN(C)P1CCC(N(C)C)(N(C)C)C1=NP(O)(N(C)C)(N(C)C)N(C)C. The van der Waals surface area contributed by atoms with Crippen molar-refractivity contribution in [3.8, 4) is 0 Å². The van der Waals surface area contributed by atoms with Crippen LogP contribution in [0.4, 0.5) is 0 Å². The van der Waals surface area contributed by atoms with E-state index in [-0.39, 0.29) is 5.66 Å². The van der Waals surface area contributed by atoms with E-state index in [2.05, 4.69) is 56.8 Å². The Hall–Kier alpha value is 0.250. The molecule has 0 aromatic rings. The average molecular weight is 410 g/mol. The Morgan fingerprint density at radius 3 is 1.46 bits per heavy atom. The van der Waals surface area contributed by atoms with Crippen molar-refractivity contribution >= 4 is 21.0 Å². The van der Waals surface area contributed by atoms with Crippen molar-refractivity contribution in [2.45, 2.75) is 12.1 Å². The minimum absolute atomic E-state index is 0.302. The van der Waals surface area contributed by atoms with Crippen LogP contribution in [0.3, 0.4) is 0 Å². The third-order valence-electron chi connectivity index (χ3n) is 5.66. The van der Waals surface area contributed by atoms with Crippen molar-refractivity contribution in [3.05, 3.63) is 0 Å². The van der Waals surface area contributed by atoms with Crippen molar-refractivity contribution < 1.29 is 4.89 Å². The fraction of sp³-hybridized carbons (Fsp3) is 0.938. The third kappa shape index (κ3) is 3.38. The van der Waals surface area contributed by atoms with Crippen molar-refractivity contribution in [1.82, 2.24) is 28.5 Å². The third-order valence-corrected chi connectivity index (χ3v) is 13.2. The first kappa shape index (κ1) is 24.3. The van der Waals surface area contributed by atoms with Crippen molar-refractivity contribution in [2.24, 2.45) is 4.76 Å². The van der Waals surface area contributed by atoms with Gasteiger partial charge in [0.15, 0.2) is 0 Å². The molecule has 0 radical (unpaired) electrons. The summed E-state index contributed by atoms with van der Waals surface area (Å²) in [6.45, 7) is 0. The fourth-order valence-corrected chi connectivity index (χ4v) is 10.5. The van der Waals surface area contributed by atoms with Gasteiger partial charge in [0.05, 0.1) is 0 Å². The number of hydrogen-bond donors (Lipinski definition) is 1.